The van der Waals surface area contributed by atoms with E-state index in [1.54, 1.807) is 12.1 Å². The average Bonchev–Trinajstić information content (AvgIpc) is 3.36. The summed E-state index contributed by atoms with van der Waals surface area (Å²) in [7, 11) is 0. The highest BCUT2D eigenvalue weighted by molar-refractivity contribution is 6.32. The van der Waals surface area contributed by atoms with Crippen LogP contribution in [0.25, 0.3) is 6.08 Å². The van der Waals surface area contributed by atoms with Crippen LogP contribution in [0.2, 0.25) is 5.02 Å². The van der Waals surface area contributed by atoms with Crippen LogP contribution < -0.4 is 14.8 Å². The van der Waals surface area contributed by atoms with E-state index in [0.29, 0.717) is 35.3 Å². The van der Waals surface area contributed by atoms with Crippen LogP contribution in [0.4, 0.5) is 0 Å². The number of benzene rings is 1. The summed E-state index contributed by atoms with van der Waals surface area (Å²) in [5.74, 6) is 0.628. The van der Waals surface area contributed by atoms with E-state index in [2.05, 4.69) is 5.32 Å². The Morgan fingerprint density at radius 1 is 1.42 bits per heavy atom. The smallest absolute Gasteiger partial charge is 0.262 e. The Kier molecular flexibility index (Phi) is 6.51. The fourth-order valence-corrected chi connectivity index (χ4v) is 2.36. The molecule has 0 radical (unpaired) electrons. The first kappa shape index (κ1) is 18.2. The number of rotatable bonds is 8. The van der Waals surface area contributed by atoms with E-state index in [1.165, 1.54) is 6.08 Å². The van der Waals surface area contributed by atoms with Gasteiger partial charge in [-0.15, -0.1) is 0 Å². The number of nitrogens with zero attached hydrogens (tertiary/aromatic N) is 1. The first-order valence-electron chi connectivity index (χ1n) is 8.10. The van der Waals surface area contributed by atoms with Gasteiger partial charge in [0, 0.05) is 6.04 Å². The average molecular weight is 349 g/mol. The number of nitrogens with one attached hydrogen (secondary N) is 1. The van der Waals surface area contributed by atoms with Crippen LogP contribution in [0.15, 0.2) is 17.7 Å². The normalized spacial score (nSPS) is 14.0. The van der Waals surface area contributed by atoms with Crippen LogP contribution in [-0.4, -0.2) is 25.2 Å². The topological polar surface area (TPSA) is 71.3 Å². The third-order valence-corrected chi connectivity index (χ3v) is 3.65. The van der Waals surface area contributed by atoms with Gasteiger partial charge < -0.3 is 14.8 Å². The summed E-state index contributed by atoms with van der Waals surface area (Å²) in [6, 6.07) is 5.52. The van der Waals surface area contributed by atoms with E-state index in [-0.39, 0.29) is 17.5 Å². The molecule has 1 aromatic carbocycles. The molecule has 0 saturated heterocycles. The molecule has 0 unspecified atom stereocenters. The third kappa shape index (κ3) is 4.90. The molecule has 0 bridgehead atoms. The summed E-state index contributed by atoms with van der Waals surface area (Å²) < 4.78 is 11.2. The van der Waals surface area contributed by atoms with Crippen molar-refractivity contribution in [3.05, 3.63) is 28.3 Å². The minimum absolute atomic E-state index is 0.0441. The second-order valence-electron chi connectivity index (χ2n) is 5.53. The lowest BCUT2D eigenvalue weighted by atomic mass is 10.1. The molecule has 1 fully saturated rings. The van der Waals surface area contributed by atoms with Gasteiger partial charge in [-0.25, -0.2) is 0 Å². The van der Waals surface area contributed by atoms with Gasteiger partial charge in [0.2, 0.25) is 0 Å². The quantitative estimate of drug-likeness (QED) is 0.574. The Labute approximate surface area is 147 Å². The Balaban J connectivity index is 2.29. The van der Waals surface area contributed by atoms with Crippen LogP contribution in [0.3, 0.4) is 0 Å². The SMILES string of the molecule is CCCOc1c(Cl)cc(/C=C(\C#N)C(=O)NC2CC2)cc1OCC. The largest absolute Gasteiger partial charge is 0.490 e. The van der Waals surface area contributed by atoms with Gasteiger partial charge in [0.05, 0.1) is 18.2 Å². The highest BCUT2D eigenvalue weighted by atomic mass is 35.5. The molecule has 0 aliphatic heterocycles. The zero-order valence-electron chi connectivity index (χ0n) is 13.9. The van der Waals surface area contributed by atoms with E-state index in [9.17, 15) is 10.1 Å². The fraction of sp³-hybridized carbons (Fsp3) is 0.444. The first-order chi connectivity index (χ1) is 11.6. The maximum atomic E-state index is 12.0. The number of nitriles is 1. The second-order valence-corrected chi connectivity index (χ2v) is 5.94. The van der Waals surface area contributed by atoms with Crippen molar-refractivity contribution in [1.82, 2.24) is 5.32 Å². The van der Waals surface area contributed by atoms with Crippen molar-refractivity contribution in [2.45, 2.75) is 39.2 Å². The summed E-state index contributed by atoms with van der Waals surface area (Å²) in [5, 5.41) is 12.4. The minimum atomic E-state index is -0.361. The van der Waals surface area contributed by atoms with Crippen LogP contribution in [0.1, 0.15) is 38.7 Å². The predicted molar refractivity (Wildman–Crippen MR) is 93.2 cm³/mol. The fourth-order valence-electron chi connectivity index (χ4n) is 2.08. The van der Waals surface area contributed by atoms with Gasteiger partial charge in [-0.1, -0.05) is 18.5 Å². The van der Waals surface area contributed by atoms with Gasteiger partial charge in [-0.2, -0.15) is 5.26 Å². The molecule has 6 heteroatoms. The van der Waals surface area contributed by atoms with Crippen molar-refractivity contribution in [3.63, 3.8) is 0 Å². The van der Waals surface area contributed by atoms with Crippen LogP contribution in [-0.2, 0) is 4.79 Å². The van der Waals surface area contributed by atoms with E-state index >= 15 is 0 Å². The molecule has 0 heterocycles. The predicted octanol–water partition coefficient (Wildman–Crippen LogP) is 3.71. The molecule has 0 aromatic heterocycles. The highest BCUT2D eigenvalue weighted by Gasteiger charge is 2.24. The summed E-state index contributed by atoms with van der Waals surface area (Å²) in [5.41, 5.74) is 0.664. The van der Waals surface area contributed by atoms with Crippen LogP contribution in [0.5, 0.6) is 11.5 Å². The van der Waals surface area contributed by atoms with Gasteiger partial charge in [-0.3, -0.25) is 4.79 Å². The lowest BCUT2D eigenvalue weighted by Gasteiger charge is -2.14. The number of carbonyl (C=O) groups excluding carboxylic acids is 1. The molecule has 128 valence electrons. The van der Waals surface area contributed by atoms with Crippen molar-refractivity contribution < 1.29 is 14.3 Å². The van der Waals surface area contributed by atoms with Gasteiger partial charge in [-0.05, 0) is 50.0 Å². The van der Waals surface area contributed by atoms with Crippen LogP contribution in [0, 0.1) is 11.3 Å². The molecule has 1 saturated carbocycles. The van der Waals surface area contributed by atoms with Crippen molar-refractivity contribution in [3.8, 4) is 17.6 Å². The third-order valence-electron chi connectivity index (χ3n) is 3.37. The highest BCUT2D eigenvalue weighted by Crippen LogP contribution is 2.37. The van der Waals surface area contributed by atoms with Gasteiger partial charge in [0.25, 0.3) is 5.91 Å². The number of halogens is 1. The van der Waals surface area contributed by atoms with E-state index in [4.69, 9.17) is 21.1 Å². The van der Waals surface area contributed by atoms with E-state index in [1.807, 2.05) is 19.9 Å². The first-order valence-corrected chi connectivity index (χ1v) is 8.48. The lowest BCUT2D eigenvalue weighted by molar-refractivity contribution is -0.117. The second kappa shape index (κ2) is 8.60. The van der Waals surface area contributed by atoms with Gasteiger partial charge >= 0.3 is 0 Å². The van der Waals surface area contributed by atoms with Crippen molar-refractivity contribution in [2.75, 3.05) is 13.2 Å². The molecule has 24 heavy (non-hydrogen) atoms. The van der Waals surface area contributed by atoms with Crippen molar-refractivity contribution in [2.24, 2.45) is 0 Å². The molecular weight excluding hydrogens is 328 g/mol. The van der Waals surface area contributed by atoms with Gasteiger partial charge in [0.1, 0.15) is 11.6 Å². The number of amides is 1. The molecule has 5 nitrogen and oxygen atoms in total. The maximum Gasteiger partial charge on any atom is 0.262 e. The molecule has 0 atom stereocenters. The number of ether oxygens (including phenoxy) is 2. The number of carbonyl (C=O) groups is 1. The lowest BCUT2D eigenvalue weighted by Crippen LogP contribution is -2.26. The van der Waals surface area contributed by atoms with Crippen LogP contribution >= 0.6 is 11.6 Å². The zero-order valence-corrected chi connectivity index (χ0v) is 14.7. The Hall–Kier alpha value is -2.19. The Bertz CT molecular complexity index is 676. The molecule has 1 N–H and O–H groups in total. The zero-order chi connectivity index (χ0) is 17.5. The molecule has 1 aromatic rings. The van der Waals surface area contributed by atoms with E-state index < -0.39 is 0 Å². The minimum Gasteiger partial charge on any atom is -0.490 e. The summed E-state index contributed by atoms with van der Waals surface area (Å²) in [4.78, 5) is 12.0. The van der Waals surface area contributed by atoms with E-state index in [0.717, 1.165) is 19.3 Å². The number of hydrogen-bond donors (Lipinski definition) is 1. The summed E-state index contributed by atoms with van der Waals surface area (Å²) >= 11 is 6.29. The molecule has 1 amide bonds. The van der Waals surface area contributed by atoms with Gasteiger partial charge in [0.15, 0.2) is 11.5 Å². The molecule has 0 spiro atoms. The monoisotopic (exact) mass is 348 g/mol. The summed E-state index contributed by atoms with van der Waals surface area (Å²) in [6.45, 7) is 4.86. The standard InChI is InChI=1S/C18H21ClN2O3/c1-3-7-24-17-15(19)9-12(10-16(17)23-4-2)8-13(11-20)18(22)21-14-5-6-14/h8-10,14H,3-7H2,1-2H3,(H,21,22)/b13-8+. The Morgan fingerprint density at radius 2 is 2.17 bits per heavy atom. The molecular formula is C18H21ClN2O3. The number of hydrogen-bond acceptors (Lipinski definition) is 4. The molecule has 1 aliphatic rings. The summed E-state index contributed by atoms with van der Waals surface area (Å²) in [6.07, 6.45) is 4.29. The molecule has 1 aliphatic carbocycles. The maximum absolute atomic E-state index is 12.0. The van der Waals surface area contributed by atoms with Crippen molar-refractivity contribution >= 4 is 23.6 Å². The molecule has 2 rings (SSSR count). The Morgan fingerprint density at radius 3 is 2.75 bits per heavy atom. The van der Waals surface area contributed by atoms with Crippen molar-refractivity contribution in [1.29, 1.82) is 5.26 Å².